The lowest BCUT2D eigenvalue weighted by Crippen LogP contribution is -2.27. The zero-order chi connectivity index (χ0) is 14.4. The monoisotopic (exact) mass is 288 g/mol. The molecule has 0 aliphatic heterocycles. The molecule has 4 heteroatoms. The molecule has 0 unspecified atom stereocenters. The first-order valence-electron chi connectivity index (χ1n) is 6.86. The van der Waals surface area contributed by atoms with Gasteiger partial charge in [0.15, 0.2) is 5.11 Å². The molecule has 3 nitrogen and oxygen atoms in total. The Hall–Kier alpha value is -1.81. The number of nitrogens with one attached hydrogen (secondary N) is 2. The fourth-order valence-corrected chi connectivity index (χ4v) is 2.08. The molecule has 20 heavy (non-hydrogen) atoms. The molecule has 1 aromatic heterocycles. The summed E-state index contributed by atoms with van der Waals surface area (Å²) in [6, 6.07) is 12.2. The fraction of sp³-hybridized carbons (Fsp3) is 0.312. The van der Waals surface area contributed by atoms with Crippen molar-refractivity contribution in [3.63, 3.8) is 0 Å². The summed E-state index contributed by atoms with van der Waals surface area (Å²) in [6.45, 7) is 5.02. The van der Waals surface area contributed by atoms with Crippen LogP contribution in [0, 0.1) is 0 Å². The molecule has 0 bridgehead atoms. The highest BCUT2D eigenvalue weighted by Crippen LogP contribution is 2.20. The second-order valence-electron chi connectivity index (χ2n) is 4.82. The lowest BCUT2D eigenvalue weighted by Gasteiger charge is -2.12. The fourth-order valence-electron chi connectivity index (χ4n) is 1.89. The highest BCUT2D eigenvalue weighted by Gasteiger charge is 2.03. The Balaban J connectivity index is 1.84. The second kappa shape index (κ2) is 7.10. The Bertz CT molecular complexity index is 534. The van der Waals surface area contributed by atoms with E-state index in [-0.39, 0.29) is 0 Å². The standard InChI is InChI=1S/C16H20N2OS/c1-3-12(2)13-6-8-14(9-7-13)18-16(20)17-11-15-5-4-10-19-15/h4-10,12H,3,11H2,1-2H3,(H2,17,18,20)/t12-/m0/s1. The van der Waals surface area contributed by atoms with Crippen LogP contribution in [0.4, 0.5) is 5.69 Å². The van der Waals surface area contributed by atoms with Gasteiger partial charge >= 0.3 is 0 Å². The number of rotatable bonds is 5. The summed E-state index contributed by atoms with van der Waals surface area (Å²) in [7, 11) is 0. The summed E-state index contributed by atoms with van der Waals surface area (Å²) >= 11 is 5.25. The lowest BCUT2D eigenvalue weighted by molar-refractivity contribution is 0.503. The zero-order valence-electron chi connectivity index (χ0n) is 11.8. The summed E-state index contributed by atoms with van der Waals surface area (Å²) in [4.78, 5) is 0. The maximum atomic E-state index is 5.25. The second-order valence-corrected chi connectivity index (χ2v) is 5.23. The van der Waals surface area contributed by atoms with Gasteiger partial charge in [-0.2, -0.15) is 0 Å². The van der Waals surface area contributed by atoms with Crippen LogP contribution in [-0.2, 0) is 6.54 Å². The van der Waals surface area contributed by atoms with Crippen LogP contribution < -0.4 is 10.6 Å². The Morgan fingerprint density at radius 2 is 2.00 bits per heavy atom. The van der Waals surface area contributed by atoms with E-state index < -0.39 is 0 Å². The number of furan rings is 1. The van der Waals surface area contributed by atoms with Crippen molar-refractivity contribution >= 4 is 23.0 Å². The van der Waals surface area contributed by atoms with E-state index in [1.807, 2.05) is 12.1 Å². The summed E-state index contributed by atoms with van der Waals surface area (Å²) in [5.41, 5.74) is 2.35. The van der Waals surface area contributed by atoms with Gasteiger partial charge in [-0.05, 0) is 54.4 Å². The van der Waals surface area contributed by atoms with E-state index in [0.29, 0.717) is 17.6 Å². The molecular formula is C16H20N2OS. The van der Waals surface area contributed by atoms with Crippen molar-refractivity contribution in [1.29, 1.82) is 0 Å². The lowest BCUT2D eigenvalue weighted by atomic mass is 9.99. The molecular weight excluding hydrogens is 268 g/mol. The molecule has 1 atom stereocenters. The largest absolute Gasteiger partial charge is 0.467 e. The minimum Gasteiger partial charge on any atom is -0.467 e. The number of hydrogen-bond donors (Lipinski definition) is 2. The first-order chi connectivity index (χ1) is 9.69. The Labute approximate surface area is 125 Å². The van der Waals surface area contributed by atoms with Gasteiger partial charge in [-0.25, -0.2) is 0 Å². The van der Waals surface area contributed by atoms with Crippen LogP contribution in [0.5, 0.6) is 0 Å². The minimum atomic E-state index is 0.587. The number of hydrogen-bond acceptors (Lipinski definition) is 2. The van der Waals surface area contributed by atoms with Gasteiger partial charge in [0.25, 0.3) is 0 Å². The van der Waals surface area contributed by atoms with Crippen LogP contribution in [0.1, 0.15) is 37.5 Å². The molecule has 0 amide bonds. The average Bonchev–Trinajstić information content (AvgIpc) is 2.98. The molecule has 2 N–H and O–H groups in total. The average molecular weight is 288 g/mol. The normalized spacial score (nSPS) is 11.9. The molecule has 0 radical (unpaired) electrons. The number of anilines is 1. The number of benzene rings is 1. The summed E-state index contributed by atoms with van der Waals surface area (Å²) in [5, 5.41) is 6.87. The molecule has 0 saturated heterocycles. The van der Waals surface area contributed by atoms with Crippen LogP contribution >= 0.6 is 12.2 Å². The van der Waals surface area contributed by atoms with Gasteiger partial charge in [-0.15, -0.1) is 0 Å². The quantitative estimate of drug-likeness (QED) is 0.805. The Morgan fingerprint density at radius 1 is 1.25 bits per heavy atom. The van der Waals surface area contributed by atoms with Gasteiger partial charge in [0.2, 0.25) is 0 Å². The molecule has 0 aliphatic rings. The molecule has 1 aromatic carbocycles. The van der Waals surface area contributed by atoms with E-state index in [9.17, 15) is 0 Å². The molecule has 2 aromatic rings. The van der Waals surface area contributed by atoms with Crippen LogP contribution in [-0.4, -0.2) is 5.11 Å². The van der Waals surface area contributed by atoms with Crippen molar-refractivity contribution in [2.75, 3.05) is 5.32 Å². The van der Waals surface area contributed by atoms with E-state index in [1.54, 1.807) is 6.26 Å². The molecule has 0 aliphatic carbocycles. The van der Waals surface area contributed by atoms with Crippen molar-refractivity contribution in [2.24, 2.45) is 0 Å². The van der Waals surface area contributed by atoms with E-state index in [4.69, 9.17) is 16.6 Å². The van der Waals surface area contributed by atoms with E-state index >= 15 is 0 Å². The Kier molecular flexibility index (Phi) is 5.18. The zero-order valence-corrected chi connectivity index (χ0v) is 12.7. The maximum Gasteiger partial charge on any atom is 0.171 e. The highest BCUT2D eigenvalue weighted by molar-refractivity contribution is 7.80. The van der Waals surface area contributed by atoms with Crippen LogP contribution in [0.25, 0.3) is 0 Å². The highest BCUT2D eigenvalue weighted by atomic mass is 32.1. The molecule has 0 saturated carbocycles. The molecule has 0 spiro atoms. The van der Waals surface area contributed by atoms with Crippen LogP contribution in [0.15, 0.2) is 47.1 Å². The SMILES string of the molecule is CC[C@H](C)c1ccc(NC(=S)NCc2ccco2)cc1. The van der Waals surface area contributed by atoms with Gasteiger partial charge in [-0.1, -0.05) is 26.0 Å². The summed E-state index contributed by atoms with van der Waals surface area (Å²) < 4.78 is 5.24. The summed E-state index contributed by atoms with van der Waals surface area (Å²) in [5.74, 6) is 1.45. The van der Waals surface area contributed by atoms with Crippen LogP contribution in [0.2, 0.25) is 0 Å². The molecule has 2 rings (SSSR count). The topological polar surface area (TPSA) is 37.2 Å². The van der Waals surface area contributed by atoms with Crippen molar-refractivity contribution in [3.8, 4) is 0 Å². The van der Waals surface area contributed by atoms with Crippen LogP contribution in [0.3, 0.4) is 0 Å². The predicted octanol–water partition coefficient (Wildman–Crippen LogP) is 4.28. The minimum absolute atomic E-state index is 0.587. The van der Waals surface area contributed by atoms with E-state index in [0.717, 1.165) is 17.9 Å². The third-order valence-corrected chi connectivity index (χ3v) is 3.60. The van der Waals surface area contributed by atoms with Gasteiger partial charge in [0, 0.05) is 5.69 Å². The van der Waals surface area contributed by atoms with Gasteiger partial charge < -0.3 is 15.1 Å². The molecule has 1 heterocycles. The third-order valence-electron chi connectivity index (χ3n) is 3.35. The van der Waals surface area contributed by atoms with Gasteiger partial charge in [-0.3, -0.25) is 0 Å². The van der Waals surface area contributed by atoms with Gasteiger partial charge in [0.1, 0.15) is 5.76 Å². The summed E-state index contributed by atoms with van der Waals surface area (Å²) in [6.07, 6.45) is 2.80. The third kappa shape index (κ3) is 4.10. The first-order valence-corrected chi connectivity index (χ1v) is 7.27. The van der Waals surface area contributed by atoms with Gasteiger partial charge in [0.05, 0.1) is 12.8 Å². The maximum absolute atomic E-state index is 5.25. The predicted molar refractivity (Wildman–Crippen MR) is 86.9 cm³/mol. The van der Waals surface area contributed by atoms with Crippen molar-refractivity contribution in [1.82, 2.24) is 5.32 Å². The van der Waals surface area contributed by atoms with Crippen molar-refractivity contribution in [3.05, 3.63) is 54.0 Å². The van der Waals surface area contributed by atoms with E-state index in [1.165, 1.54) is 5.56 Å². The first kappa shape index (κ1) is 14.6. The van der Waals surface area contributed by atoms with E-state index in [2.05, 4.69) is 48.7 Å². The molecule has 106 valence electrons. The Morgan fingerprint density at radius 3 is 2.60 bits per heavy atom. The van der Waals surface area contributed by atoms with Crippen molar-refractivity contribution < 1.29 is 4.42 Å². The molecule has 0 fully saturated rings. The van der Waals surface area contributed by atoms with Crippen molar-refractivity contribution in [2.45, 2.75) is 32.7 Å². The number of thiocarbonyl (C=S) groups is 1. The smallest absolute Gasteiger partial charge is 0.171 e.